The zero-order valence-electron chi connectivity index (χ0n) is 12.1. The van der Waals surface area contributed by atoms with Gasteiger partial charge in [-0.15, -0.1) is 12.4 Å². The van der Waals surface area contributed by atoms with Gasteiger partial charge in [0, 0.05) is 44.1 Å². The van der Waals surface area contributed by atoms with Gasteiger partial charge in [0.15, 0.2) is 0 Å². The second-order valence-corrected chi connectivity index (χ2v) is 5.84. The summed E-state index contributed by atoms with van der Waals surface area (Å²) >= 11 is 0. The summed E-state index contributed by atoms with van der Waals surface area (Å²) in [6, 6.07) is 0.362. The summed E-state index contributed by atoms with van der Waals surface area (Å²) in [5.74, 6) is 1.07. The van der Waals surface area contributed by atoms with Crippen molar-refractivity contribution in [3.05, 3.63) is 18.2 Å². The Morgan fingerprint density at radius 3 is 2.74 bits per heavy atom. The van der Waals surface area contributed by atoms with Gasteiger partial charge in [-0.2, -0.15) is 0 Å². The Morgan fingerprint density at radius 1 is 1.47 bits per heavy atom. The Labute approximate surface area is 122 Å². The molecule has 19 heavy (non-hydrogen) atoms. The van der Waals surface area contributed by atoms with Crippen molar-refractivity contribution in [2.24, 2.45) is 5.73 Å². The normalized spacial score (nSPS) is 22.2. The van der Waals surface area contributed by atoms with Crippen molar-refractivity contribution in [2.75, 3.05) is 32.7 Å². The molecule has 1 atom stereocenters. The van der Waals surface area contributed by atoms with Gasteiger partial charge in [0.1, 0.15) is 5.82 Å². The maximum atomic E-state index is 6.12. The molecule has 1 aliphatic heterocycles. The van der Waals surface area contributed by atoms with Crippen molar-refractivity contribution in [3.63, 3.8) is 0 Å². The molecule has 1 unspecified atom stereocenters. The van der Waals surface area contributed by atoms with Gasteiger partial charge < -0.3 is 10.7 Å². The van der Waals surface area contributed by atoms with E-state index in [0.717, 1.165) is 38.5 Å². The summed E-state index contributed by atoms with van der Waals surface area (Å²) < 4.78 is 0. The minimum atomic E-state index is -0.137. The van der Waals surface area contributed by atoms with E-state index in [0.29, 0.717) is 6.04 Å². The van der Waals surface area contributed by atoms with Crippen LogP contribution in [0.25, 0.3) is 0 Å². The molecule has 0 aliphatic carbocycles. The van der Waals surface area contributed by atoms with Crippen LogP contribution in [0, 0.1) is 0 Å². The molecule has 2 heterocycles. The molecule has 0 spiro atoms. The third-order valence-corrected chi connectivity index (χ3v) is 3.45. The lowest BCUT2D eigenvalue weighted by Crippen LogP contribution is -2.54. The van der Waals surface area contributed by atoms with Crippen LogP contribution in [0.3, 0.4) is 0 Å². The molecule has 0 saturated carbocycles. The summed E-state index contributed by atoms with van der Waals surface area (Å²) in [6.45, 7) is 11.5. The standard InChI is InChI=1S/C13H25N5.ClH/c1-4-18-8-7-17(10-13(2,3)14)9-11(18)12-15-5-6-16-12;/h5-6,11H,4,7-10,14H2,1-3H3,(H,15,16);1H. The molecular weight excluding hydrogens is 262 g/mol. The maximum absolute atomic E-state index is 6.12. The zero-order valence-corrected chi connectivity index (χ0v) is 12.9. The van der Waals surface area contributed by atoms with E-state index in [-0.39, 0.29) is 17.9 Å². The Kier molecular flexibility index (Phi) is 5.80. The third-order valence-electron chi connectivity index (χ3n) is 3.45. The highest BCUT2D eigenvalue weighted by molar-refractivity contribution is 5.85. The van der Waals surface area contributed by atoms with Gasteiger partial charge in [0.25, 0.3) is 0 Å². The molecule has 110 valence electrons. The quantitative estimate of drug-likeness (QED) is 0.875. The van der Waals surface area contributed by atoms with Crippen LogP contribution < -0.4 is 5.73 Å². The van der Waals surface area contributed by atoms with E-state index in [1.807, 2.05) is 12.4 Å². The average Bonchev–Trinajstić information content (AvgIpc) is 2.80. The predicted octanol–water partition coefficient (Wildman–Crippen LogP) is 1.25. The lowest BCUT2D eigenvalue weighted by molar-refractivity contribution is 0.0636. The van der Waals surface area contributed by atoms with Crippen molar-refractivity contribution in [2.45, 2.75) is 32.4 Å². The van der Waals surface area contributed by atoms with Crippen LogP contribution in [0.2, 0.25) is 0 Å². The van der Waals surface area contributed by atoms with E-state index >= 15 is 0 Å². The highest BCUT2D eigenvalue weighted by Crippen LogP contribution is 2.23. The van der Waals surface area contributed by atoms with E-state index < -0.39 is 0 Å². The van der Waals surface area contributed by atoms with Gasteiger partial charge in [-0.25, -0.2) is 4.98 Å². The van der Waals surface area contributed by atoms with E-state index in [2.05, 4.69) is 40.5 Å². The second-order valence-electron chi connectivity index (χ2n) is 5.84. The third kappa shape index (κ3) is 4.45. The van der Waals surface area contributed by atoms with Crippen LogP contribution in [-0.2, 0) is 0 Å². The van der Waals surface area contributed by atoms with Crippen LogP contribution in [0.4, 0.5) is 0 Å². The molecule has 1 saturated heterocycles. The minimum absolute atomic E-state index is 0. The molecule has 0 aromatic carbocycles. The Balaban J connectivity index is 0.00000180. The fourth-order valence-electron chi connectivity index (χ4n) is 2.69. The number of H-pyrrole nitrogens is 1. The molecular formula is C13H26ClN5. The molecule has 5 nitrogen and oxygen atoms in total. The number of nitrogens with one attached hydrogen (secondary N) is 1. The van der Waals surface area contributed by atoms with Gasteiger partial charge in [-0.05, 0) is 20.4 Å². The van der Waals surface area contributed by atoms with Crippen LogP contribution in [0.1, 0.15) is 32.6 Å². The van der Waals surface area contributed by atoms with Crippen molar-refractivity contribution in [1.29, 1.82) is 0 Å². The van der Waals surface area contributed by atoms with Crippen molar-refractivity contribution in [3.8, 4) is 0 Å². The number of hydrogen-bond donors (Lipinski definition) is 2. The number of aromatic amines is 1. The molecule has 1 aromatic rings. The van der Waals surface area contributed by atoms with Gasteiger partial charge in [-0.3, -0.25) is 9.80 Å². The molecule has 0 amide bonds. The van der Waals surface area contributed by atoms with Crippen LogP contribution >= 0.6 is 12.4 Å². The highest BCUT2D eigenvalue weighted by Gasteiger charge is 2.30. The molecule has 1 aliphatic rings. The average molecular weight is 288 g/mol. The maximum Gasteiger partial charge on any atom is 0.124 e. The van der Waals surface area contributed by atoms with Crippen LogP contribution in [0.15, 0.2) is 12.4 Å². The van der Waals surface area contributed by atoms with Crippen molar-refractivity contribution in [1.82, 2.24) is 19.8 Å². The molecule has 0 bridgehead atoms. The van der Waals surface area contributed by atoms with Crippen molar-refractivity contribution >= 4 is 12.4 Å². The fourth-order valence-corrected chi connectivity index (χ4v) is 2.69. The SMILES string of the molecule is CCN1CCN(CC(C)(C)N)CC1c1ncc[nH]1.Cl. The Morgan fingerprint density at radius 2 is 2.21 bits per heavy atom. The first-order chi connectivity index (χ1) is 8.49. The first kappa shape index (κ1) is 16.4. The number of rotatable bonds is 4. The number of imidazole rings is 1. The number of halogens is 1. The van der Waals surface area contributed by atoms with Crippen molar-refractivity contribution < 1.29 is 0 Å². The first-order valence-corrected chi connectivity index (χ1v) is 6.74. The largest absolute Gasteiger partial charge is 0.347 e. The zero-order chi connectivity index (χ0) is 13.2. The van der Waals surface area contributed by atoms with Gasteiger partial charge in [0.2, 0.25) is 0 Å². The predicted molar refractivity (Wildman–Crippen MR) is 80.5 cm³/mol. The number of nitrogens with zero attached hydrogens (tertiary/aromatic N) is 3. The topological polar surface area (TPSA) is 61.2 Å². The number of likely N-dealkylation sites (N-methyl/N-ethyl adjacent to an activating group) is 1. The van der Waals surface area contributed by atoms with E-state index in [4.69, 9.17) is 5.73 Å². The van der Waals surface area contributed by atoms with E-state index in [1.165, 1.54) is 0 Å². The number of nitrogens with two attached hydrogens (primary N) is 1. The second kappa shape index (κ2) is 6.70. The lowest BCUT2D eigenvalue weighted by Gasteiger charge is -2.42. The molecule has 1 aromatic heterocycles. The molecule has 3 N–H and O–H groups in total. The number of aromatic nitrogens is 2. The first-order valence-electron chi connectivity index (χ1n) is 6.74. The fraction of sp³-hybridized carbons (Fsp3) is 0.769. The van der Waals surface area contributed by atoms with E-state index in [1.54, 1.807) is 0 Å². The smallest absolute Gasteiger partial charge is 0.124 e. The molecule has 1 fully saturated rings. The summed E-state index contributed by atoms with van der Waals surface area (Å²) in [5, 5.41) is 0. The molecule has 0 radical (unpaired) electrons. The van der Waals surface area contributed by atoms with Gasteiger partial charge in [-0.1, -0.05) is 6.92 Å². The summed E-state index contributed by atoms with van der Waals surface area (Å²) in [4.78, 5) is 12.6. The van der Waals surface area contributed by atoms with Crippen LogP contribution in [0.5, 0.6) is 0 Å². The summed E-state index contributed by atoms with van der Waals surface area (Å²) in [5.41, 5.74) is 5.98. The van der Waals surface area contributed by atoms with E-state index in [9.17, 15) is 0 Å². The van der Waals surface area contributed by atoms with Gasteiger partial charge >= 0.3 is 0 Å². The Hall–Kier alpha value is -0.620. The number of hydrogen-bond acceptors (Lipinski definition) is 4. The monoisotopic (exact) mass is 287 g/mol. The molecule has 2 rings (SSSR count). The lowest BCUT2D eigenvalue weighted by atomic mass is 10.0. The summed E-state index contributed by atoms with van der Waals surface area (Å²) in [6.07, 6.45) is 3.73. The molecule has 6 heteroatoms. The van der Waals surface area contributed by atoms with Crippen LogP contribution in [-0.4, -0.2) is 58.0 Å². The van der Waals surface area contributed by atoms with Gasteiger partial charge in [0.05, 0.1) is 6.04 Å². The minimum Gasteiger partial charge on any atom is -0.347 e. The highest BCUT2D eigenvalue weighted by atomic mass is 35.5. The number of piperazine rings is 1. The summed E-state index contributed by atoms with van der Waals surface area (Å²) in [7, 11) is 0. The Bertz CT molecular complexity index is 360.